The van der Waals surface area contributed by atoms with E-state index in [0.29, 0.717) is 12.5 Å². The molecule has 0 spiro atoms. The molecular formula is C14H28N4O2. The van der Waals surface area contributed by atoms with Crippen LogP contribution in [0.25, 0.3) is 0 Å². The Morgan fingerprint density at radius 3 is 2.80 bits per heavy atom. The van der Waals surface area contributed by atoms with E-state index < -0.39 is 5.60 Å². The lowest BCUT2D eigenvalue weighted by molar-refractivity contribution is 0.0278. The van der Waals surface area contributed by atoms with E-state index >= 15 is 0 Å². The van der Waals surface area contributed by atoms with Crippen molar-refractivity contribution in [2.75, 3.05) is 33.2 Å². The molecule has 0 aromatic heterocycles. The van der Waals surface area contributed by atoms with Crippen molar-refractivity contribution in [3.63, 3.8) is 0 Å². The highest BCUT2D eigenvalue weighted by Crippen LogP contribution is 2.10. The third-order valence-electron chi connectivity index (χ3n) is 2.81. The van der Waals surface area contributed by atoms with Crippen molar-refractivity contribution in [3.05, 3.63) is 0 Å². The van der Waals surface area contributed by atoms with E-state index in [0.717, 1.165) is 32.0 Å². The summed E-state index contributed by atoms with van der Waals surface area (Å²) in [5.74, 6) is 1.18. The number of carbonyl (C=O) groups excluding carboxylic acids is 1. The lowest BCUT2D eigenvalue weighted by Crippen LogP contribution is -2.44. The number of nitrogens with zero attached hydrogens (tertiary/aromatic N) is 2. The fourth-order valence-corrected chi connectivity index (χ4v) is 1.87. The Kier molecular flexibility index (Phi) is 6.10. The molecule has 6 heteroatoms. The highest BCUT2D eigenvalue weighted by Gasteiger charge is 2.20. The quantitative estimate of drug-likeness (QED) is 0.819. The van der Waals surface area contributed by atoms with Crippen LogP contribution in [0.3, 0.4) is 0 Å². The van der Waals surface area contributed by atoms with Crippen molar-refractivity contribution in [2.45, 2.75) is 39.7 Å². The van der Waals surface area contributed by atoms with Gasteiger partial charge in [-0.2, -0.15) is 0 Å². The minimum absolute atomic E-state index is 0.280. The zero-order valence-electron chi connectivity index (χ0n) is 13.3. The molecule has 0 aliphatic carbocycles. The van der Waals surface area contributed by atoms with Crippen LogP contribution in [0.15, 0.2) is 4.99 Å². The SMILES string of the molecule is CC(CNC1=NCCCN1)CN(C)C(=O)OC(C)(C)C. The zero-order valence-corrected chi connectivity index (χ0v) is 13.3. The molecule has 1 atom stereocenters. The van der Waals surface area contributed by atoms with Crippen LogP contribution in [0.1, 0.15) is 34.1 Å². The number of hydrogen-bond acceptors (Lipinski definition) is 5. The standard InChI is InChI=1S/C14H28N4O2/c1-11(9-17-12-15-7-6-8-16-12)10-18(5)13(19)20-14(2,3)4/h11H,6-10H2,1-5H3,(H2,15,16,17). The molecule has 1 heterocycles. The topological polar surface area (TPSA) is 66.0 Å². The second-order valence-electron chi connectivity index (χ2n) is 6.36. The van der Waals surface area contributed by atoms with Crippen molar-refractivity contribution in [1.82, 2.24) is 15.5 Å². The van der Waals surface area contributed by atoms with Gasteiger partial charge in [-0.3, -0.25) is 4.99 Å². The van der Waals surface area contributed by atoms with Gasteiger partial charge in [0, 0.05) is 33.2 Å². The summed E-state index contributed by atoms with van der Waals surface area (Å²) in [5.41, 5.74) is -0.451. The number of carbonyl (C=O) groups is 1. The highest BCUT2D eigenvalue weighted by atomic mass is 16.6. The predicted molar refractivity (Wildman–Crippen MR) is 81.0 cm³/mol. The second-order valence-corrected chi connectivity index (χ2v) is 6.36. The van der Waals surface area contributed by atoms with Crippen LogP contribution in [0.5, 0.6) is 0 Å². The molecule has 20 heavy (non-hydrogen) atoms. The maximum Gasteiger partial charge on any atom is 0.410 e. The van der Waals surface area contributed by atoms with Gasteiger partial charge >= 0.3 is 6.09 Å². The fourth-order valence-electron chi connectivity index (χ4n) is 1.87. The average Bonchev–Trinajstić information content (AvgIpc) is 2.35. The number of rotatable bonds is 4. The third kappa shape index (κ3) is 6.63. The minimum atomic E-state index is -0.451. The van der Waals surface area contributed by atoms with Crippen LogP contribution in [-0.4, -0.2) is 55.8 Å². The van der Waals surface area contributed by atoms with Gasteiger partial charge in [-0.05, 0) is 33.1 Å². The monoisotopic (exact) mass is 284 g/mol. The third-order valence-corrected chi connectivity index (χ3v) is 2.81. The molecule has 1 unspecified atom stereocenters. The number of ether oxygens (including phenoxy) is 1. The van der Waals surface area contributed by atoms with Crippen LogP contribution in [0, 0.1) is 5.92 Å². The summed E-state index contributed by atoms with van der Waals surface area (Å²) in [4.78, 5) is 17.8. The first-order valence-corrected chi connectivity index (χ1v) is 7.24. The molecule has 0 aromatic rings. The van der Waals surface area contributed by atoms with Gasteiger partial charge in [0.15, 0.2) is 5.96 Å². The highest BCUT2D eigenvalue weighted by molar-refractivity contribution is 5.80. The zero-order chi connectivity index (χ0) is 15.2. The van der Waals surface area contributed by atoms with Crippen molar-refractivity contribution in [2.24, 2.45) is 10.9 Å². The molecule has 1 aliphatic rings. The van der Waals surface area contributed by atoms with Crippen molar-refractivity contribution in [3.8, 4) is 0 Å². The molecule has 1 rings (SSSR count). The first kappa shape index (κ1) is 16.6. The summed E-state index contributed by atoms with van der Waals surface area (Å²) < 4.78 is 5.33. The van der Waals surface area contributed by atoms with E-state index in [9.17, 15) is 4.79 Å². The summed E-state index contributed by atoms with van der Waals surface area (Å²) >= 11 is 0. The minimum Gasteiger partial charge on any atom is -0.444 e. The summed E-state index contributed by atoms with van der Waals surface area (Å²) in [6.45, 7) is 11.0. The molecule has 0 fully saturated rings. The Labute approximate surface area is 122 Å². The van der Waals surface area contributed by atoms with Crippen LogP contribution in [0.4, 0.5) is 4.79 Å². The van der Waals surface area contributed by atoms with Gasteiger partial charge in [0.25, 0.3) is 0 Å². The largest absolute Gasteiger partial charge is 0.444 e. The van der Waals surface area contributed by atoms with Gasteiger partial charge in [0.2, 0.25) is 0 Å². The number of guanidine groups is 1. The molecule has 1 amide bonds. The average molecular weight is 284 g/mol. The molecule has 0 aromatic carbocycles. The molecule has 6 nitrogen and oxygen atoms in total. The van der Waals surface area contributed by atoms with E-state index in [1.54, 1.807) is 11.9 Å². The van der Waals surface area contributed by atoms with Crippen LogP contribution in [-0.2, 0) is 4.74 Å². The van der Waals surface area contributed by atoms with E-state index in [2.05, 4.69) is 22.5 Å². The fraction of sp³-hybridized carbons (Fsp3) is 0.857. The number of aliphatic imine (C=N–C) groups is 1. The van der Waals surface area contributed by atoms with Crippen molar-refractivity contribution in [1.29, 1.82) is 0 Å². The predicted octanol–water partition coefficient (Wildman–Crippen LogP) is 1.43. The lowest BCUT2D eigenvalue weighted by atomic mass is 10.1. The van der Waals surface area contributed by atoms with E-state index in [1.807, 2.05) is 20.8 Å². The van der Waals surface area contributed by atoms with E-state index in [1.165, 1.54) is 0 Å². The maximum atomic E-state index is 11.8. The van der Waals surface area contributed by atoms with Crippen molar-refractivity contribution < 1.29 is 9.53 Å². The first-order chi connectivity index (χ1) is 9.28. The Morgan fingerprint density at radius 1 is 1.55 bits per heavy atom. The molecule has 2 N–H and O–H groups in total. The van der Waals surface area contributed by atoms with Gasteiger partial charge < -0.3 is 20.3 Å². The summed E-state index contributed by atoms with van der Waals surface area (Å²) in [7, 11) is 1.76. The van der Waals surface area contributed by atoms with Crippen LogP contribution >= 0.6 is 0 Å². The van der Waals surface area contributed by atoms with Crippen LogP contribution in [0.2, 0.25) is 0 Å². The molecule has 0 saturated carbocycles. The smallest absolute Gasteiger partial charge is 0.410 e. The van der Waals surface area contributed by atoms with E-state index in [4.69, 9.17) is 4.74 Å². The summed E-state index contributed by atoms with van der Waals surface area (Å²) in [6, 6.07) is 0. The molecule has 1 aliphatic heterocycles. The Bertz CT molecular complexity index is 350. The van der Waals surface area contributed by atoms with Gasteiger partial charge in [-0.1, -0.05) is 6.92 Å². The van der Waals surface area contributed by atoms with Gasteiger partial charge in [-0.15, -0.1) is 0 Å². The van der Waals surface area contributed by atoms with Crippen molar-refractivity contribution >= 4 is 12.1 Å². The summed E-state index contributed by atoms with van der Waals surface area (Å²) in [5, 5.41) is 6.49. The lowest BCUT2D eigenvalue weighted by Gasteiger charge is -2.27. The first-order valence-electron chi connectivity index (χ1n) is 7.24. The normalized spacial score (nSPS) is 16.8. The Hall–Kier alpha value is -1.46. The van der Waals surface area contributed by atoms with Gasteiger partial charge in [0.1, 0.15) is 5.60 Å². The second kappa shape index (κ2) is 7.36. The van der Waals surface area contributed by atoms with Gasteiger partial charge in [0.05, 0.1) is 0 Å². The molecule has 0 bridgehead atoms. The van der Waals surface area contributed by atoms with Crippen LogP contribution < -0.4 is 10.6 Å². The molecule has 0 saturated heterocycles. The number of nitrogens with one attached hydrogen (secondary N) is 2. The maximum absolute atomic E-state index is 11.8. The number of hydrogen-bond donors (Lipinski definition) is 2. The summed E-state index contributed by atoms with van der Waals surface area (Å²) in [6.07, 6.45) is 0.805. The molecule has 0 radical (unpaired) electrons. The van der Waals surface area contributed by atoms with Gasteiger partial charge in [-0.25, -0.2) is 4.79 Å². The molecule has 116 valence electrons. The Balaban J connectivity index is 2.28. The molecular weight excluding hydrogens is 256 g/mol. The Morgan fingerprint density at radius 2 is 2.25 bits per heavy atom. The number of amides is 1. The van der Waals surface area contributed by atoms with E-state index in [-0.39, 0.29) is 6.09 Å².